The van der Waals surface area contributed by atoms with Gasteiger partial charge in [0.15, 0.2) is 0 Å². The zero-order valence-electron chi connectivity index (χ0n) is 11.8. The second-order valence-corrected chi connectivity index (χ2v) is 4.65. The molecule has 4 nitrogen and oxygen atoms in total. The van der Waals surface area contributed by atoms with Gasteiger partial charge < -0.3 is 15.8 Å². The van der Waals surface area contributed by atoms with Crippen LogP contribution in [0.2, 0.25) is 0 Å². The second kappa shape index (κ2) is 8.53. The van der Waals surface area contributed by atoms with Crippen LogP contribution in [0.3, 0.4) is 0 Å². The molecule has 0 spiro atoms. The number of para-hydroxylation sites is 2. The van der Waals surface area contributed by atoms with E-state index in [1.165, 1.54) is 0 Å². The van der Waals surface area contributed by atoms with Crippen molar-refractivity contribution in [2.75, 3.05) is 11.9 Å². The van der Waals surface area contributed by atoms with Crippen molar-refractivity contribution in [2.45, 2.75) is 45.6 Å². The van der Waals surface area contributed by atoms with Crippen LogP contribution in [0.1, 0.15) is 39.5 Å². The summed E-state index contributed by atoms with van der Waals surface area (Å²) in [5, 5.41) is 2.86. The molecular weight excluding hydrogens is 240 g/mol. The fourth-order valence-electron chi connectivity index (χ4n) is 1.82. The van der Waals surface area contributed by atoms with Crippen LogP contribution in [0.5, 0.6) is 5.75 Å². The smallest absolute Gasteiger partial charge is 0.226 e. The molecule has 0 heterocycles. The van der Waals surface area contributed by atoms with Gasteiger partial charge in [0.05, 0.1) is 12.3 Å². The van der Waals surface area contributed by atoms with Crippen LogP contribution in [0.4, 0.5) is 5.69 Å². The Hall–Kier alpha value is -1.55. The standard InChI is InChI=1S/C15H24N2O2/c1-3-7-12(16)11-15(18)17-13-8-5-6-9-14(13)19-10-4-2/h5-6,8-9,12H,3-4,7,10-11,16H2,1-2H3,(H,17,18). The number of carbonyl (C=O) groups excluding carboxylic acids is 1. The first-order valence-electron chi connectivity index (χ1n) is 6.94. The summed E-state index contributed by atoms with van der Waals surface area (Å²) in [5.74, 6) is 0.648. The lowest BCUT2D eigenvalue weighted by molar-refractivity contribution is -0.116. The number of amides is 1. The van der Waals surface area contributed by atoms with E-state index in [0.717, 1.165) is 19.3 Å². The van der Waals surface area contributed by atoms with Crippen molar-refractivity contribution < 1.29 is 9.53 Å². The first kappa shape index (κ1) is 15.5. The van der Waals surface area contributed by atoms with Gasteiger partial charge >= 0.3 is 0 Å². The third kappa shape index (κ3) is 5.75. The van der Waals surface area contributed by atoms with Crippen LogP contribution in [0.25, 0.3) is 0 Å². The molecule has 0 bridgehead atoms. The minimum absolute atomic E-state index is 0.0616. The molecule has 3 N–H and O–H groups in total. The highest BCUT2D eigenvalue weighted by Gasteiger charge is 2.11. The van der Waals surface area contributed by atoms with Gasteiger partial charge in [-0.25, -0.2) is 0 Å². The van der Waals surface area contributed by atoms with Gasteiger partial charge in [-0.05, 0) is 25.0 Å². The van der Waals surface area contributed by atoms with Gasteiger partial charge in [0.2, 0.25) is 5.91 Å². The number of benzene rings is 1. The maximum absolute atomic E-state index is 11.9. The molecule has 1 rings (SSSR count). The third-order valence-corrected chi connectivity index (χ3v) is 2.73. The maximum atomic E-state index is 11.9. The second-order valence-electron chi connectivity index (χ2n) is 4.65. The molecule has 19 heavy (non-hydrogen) atoms. The molecule has 1 aromatic carbocycles. The van der Waals surface area contributed by atoms with Crippen molar-refractivity contribution in [2.24, 2.45) is 5.73 Å². The van der Waals surface area contributed by atoms with Crippen molar-refractivity contribution in [3.05, 3.63) is 24.3 Å². The third-order valence-electron chi connectivity index (χ3n) is 2.73. The normalized spacial score (nSPS) is 11.9. The van der Waals surface area contributed by atoms with E-state index in [4.69, 9.17) is 10.5 Å². The fourth-order valence-corrected chi connectivity index (χ4v) is 1.82. The Morgan fingerprint density at radius 3 is 2.74 bits per heavy atom. The first-order valence-corrected chi connectivity index (χ1v) is 6.94. The topological polar surface area (TPSA) is 64.3 Å². The molecule has 0 saturated heterocycles. The molecular formula is C15H24N2O2. The maximum Gasteiger partial charge on any atom is 0.226 e. The molecule has 106 valence electrons. The summed E-state index contributed by atoms with van der Waals surface area (Å²) in [5.41, 5.74) is 6.58. The minimum atomic E-state index is -0.0753. The molecule has 0 aromatic heterocycles. The molecule has 0 fully saturated rings. The van der Waals surface area contributed by atoms with E-state index in [2.05, 4.69) is 12.2 Å². The van der Waals surface area contributed by atoms with Crippen molar-refractivity contribution in [1.29, 1.82) is 0 Å². The number of carbonyl (C=O) groups is 1. The van der Waals surface area contributed by atoms with Crippen LogP contribution >= 0.6 is 0 Å². The Morgan fingerprint density at radius 2 is 2.05 bits per heavy atom. The molecule has 1 aromatic rings. The van der Waals surface area contributed by atoms with Crippen LogP contribution in [-0.4, -0.2) is 18.6 Å². The van der Waals surface area contributed by atoms with Crippen molar-refractivity contribution in [1.82, 2.24) is 0 Å². The predicted octanol–water partition coefficient (Wildman–Crippen LogP) is 2.93. The number of hydrogen-bond acceptors (Lipinski definition) is 3. The average Bonchev–Trinajstić information content (AvgIpc) is 2.37. The average molecular weight is 264 g/mol. The first-order chi connectivity index (χ1) is 9.17. The molecule has 0 radical (unpaired) electrons. The van der Waals surface area contributed by atoms with Crippen molar-refractivity contribution >= 4 is 11.6 Å². The van der Waals surface area contributed by atoms with Gasteiger partial charge in [-0.2, -0.15) is 0 Å². The Balaban J connectivity index is 2.58. The summed E-state index contributed by atoms with van der Waals surface area (Å²) in [6.45, 7) is 4.75. The number of rotatable bonds is 8. The Bertz CT molecular complexity index is 393. The highest BCUT2D eigenvalue weighted by molar-refractivity contribution is 5.92. The van der Waals surface area contributed by atoms with Crippen molar-refractivity contribution in [3.63, 3.8) is 0 Å². The molecule has 0 saturated carbocycles. The summed E-state index contributed by atoms with van der Waals surface area (Å²) in [4.78, 5) is 11.9. The summed E-state index contributed by atoms with van der Waals surface area (Å²) in [7, 11) is 0. The lowest BCUT2D eigenvalue weighted by atomic mass is 10.1. The van der Waals surface area contributed by atoms with Gasteiger partial charge in [0.1, 0.15) is 5.75 Å². The van der Waals surface area contributed by atoms with E-state index in [9.17, 15) is 4.79 Å². The molecule has 1 unspecified atom stereocenters. The molecule has 1 amide bonds. The molecule has 4 heteroatoms. The van der Waals surface area contributed by atoms with Gasteiger partial charge in [-0.1, -0.05) is 32.4 Å². The van der Waals surface area contributed by atoms with Crippen LogP contribution in [-0.2, 0) is 4.79 Å². The molecule has 0 aliphatic rings. The fraction of sp³-hybridized carbons (Fsp3) is 0.533. The number of nitrogens with one attached hydrogen (secondary N) is 1. The SMILES string of the molecule is CCCOc1ccccc1NC(=O)CC(N)CCC. The largest absolute Gasteiger partial charge is 0.491 e. The zero-order chi connectivity index (χ0) is 14.1. The van der Waals surface area contributed by atoms with Gasteiger partial charge in [0.25, 0.3) is 0 Å². The van der Waals surface area contributed by atoms with E-state index in [-0.39, 0.29) is 11.9 Å². The van der Waals surface area contributed by atoms with Crippen LogP contribution in [0, 0.1) is 0 Å². The van der Waals surface area contributed by atoms with E-state index < -0.39 is 0 Å². The quantitative estimate of drug-likeness (QED) is 0.758. The zero-order valence-corrected chi connectivity index (χ0v) is 11.8. The van der Waals surface area contributed by atoms with Gasteiger partial charge in [-0.15, -0.1) is 0 Å². The van der Waals surface area contributed by atoms with Crippen molar-refractivity contribution in [3.8, 4) is 5.75 Å². The number of nitrogens with two attached hydrogens (primary N) is 1. The van der Waals surface area contributed by atoms with E-state index in [1.807, 2.05) is 31.2 Å². The van der Waals surface area contributed by atoms with Crippen LogP contribution in [0.15, 0.2) is 24.3 Å². The Kier molecular flexibility index (Phi) is 6.97. The number of ether oxygens (including phenoxy) is 1. The van der Waals surface area contributed by atoms with E-state index in [0.29, 0.717) is 24.5 Å². The summed E-state index contributed by atoms with van der Waals surface area (Å²) >= 11 is 0. The Labute approximate surface area is 115 Å². The Morgan fingerprint density at radius 1 is 1.32 bits per heavy atom. The highest BCUT2D eigenvalue weighted by atomic mass is 16.5. The number of anilines is 1. The lowest BCUT2D eigenvalue weighted by Gasteiger charge is -2.13. The highest BCUT2D eigenvalue weighted by Crippen LogP contribution is 2.24. The van der Waals surface area contributed by atoms with Gasteiger partial charge in [0, 0.05) is 12.5 Å². The monoisotopic (exact) mass is 264 g/mol. The van der Waals surface area contributed by atoms with Gasteiger partial charge in [-0.3, -0.25) is 4.79 Å². The summed E-state index contributed by atoms with van der Waals surface area (Å²) < 4.78 is 5.59. The van der Waals surface area contributed by atoms with E-state index in [1.54, 1.807) is 0 Å². The molecule has 0 aliphatic carbocycles. The minimum Gasteiger partial charge on any atom is -0.491 e. The molecule has 1 atom stereocenters. The van der Waals surface area contributed by atoms with Crippen LogP contribution < -0.4 is 15.8 Å². The lowest BCUT2D eigenvalue weighted by Crippen LogP contribution is -2.27. The summed E-state index contributed by atoms with van der Waals surface area (Å²) in [6.07, 6.45) is 3.13. The predicted molar refractivity (Wildman–Crippen MR) is 78.4 cm³/mol. The summed E-state index contributed by atoms with van der Waals surface area (Å²) in [6, 6.07) is 7.39. The van der Waals surface area contributed by atoms with E-state index >= 15 is 0 Å². The molecule has 0 aliphatic heterocycles. The number of hydrogen-bond donors (Lipinski definition) is 2.